The summed E-state index contributed by atoms with van der Waals surface area (Å²) in [5, 5.41) is 24.1. The van der Waals surface area contributed by atoms with Gasteiger partial charge in [0.15, 0.2) is 10.9 Å². The second kappa shape index (κ2) is 7.73. The maximum absolute atomic E-state index is 12.3. The lowest BCUT2D eigenvalue weighted by Gasteiger charge is -2.05. The predicted octanol–water partition coefficient (Wildman–Crippen LogP) is 3.82. The van der Waals surface area contributed by atoms with Crippen molar-refractivity contribution in [2.45, 2.75) is 13.8 Å². The fourth-order valence-corrected chi connectivity index (χ4v) is 3.60. The molecule has 28 heavy (non-hydrogen) atoms. The Hall–Kier alpha value is -3.33. The molecule has 144 valence electrons. The number of amides is 1. The fourth-order valence-electron chi connectivity index (χ4n) is 2.76. The molecule has 0 unspecified atom stereocenters. The molecule has 0 atom stereocenters. The van der Waals surface area contributed by atoms with E-state index in [0.29, 0.717) is 15.6 Å². The molecule has 1 fully saturated rings. The molecule has 1 aliphatic heterocycles. The first-order valence-corrected chi connectivity index (χ1v) is 9.01. The molecule has 0 radical (unpaired) electrons. The van der Waals surface area contributed by atoms with Crippen LogP contribution in [0.2, 0.25) is 0 Å². The van der Waals surface area contributed by atoms with Crippen LogP contribution in [0.4, 0.5) is 11.4 Å². The number of nitrogens with one attached hydrogen (secondary N) is 1. The molecule has 1 saturated heterocycles. The summed E-state index contributed by atoms with van der Waals surface area (Å²) < 4.78 is 4.98. The number of nitro benzene ring substituents is 1. The summed E-state index contributed by atoms with van der Waals surface area (Å²) in [4.78, 5) is 27.4. The van der Waals surface area contributed by atoms with Gasteiger partial charge in [-0.1, -0.05) is 6.07 Å². The van der Waals surface area contributed by atoms with Crippen LogP contribution in [-0.2, 0) is 4.79 Å². The summed E-state index contributed by atoms with van der Waals surface area (Å²) in [5.41, 5.74) is 2.70. The summed E-state index contributed by atoms with van der Waals surface area (Å²) >= 11 is 1.13. The van der Waals surface area contributed by atoms with Gasteiger partial charge in [0.25, 0.3) is 5.91 Å². The molecule has 0 saturated carbocycles. The van der Waals surface area contributed by atoms with Crippen molar-refractivity contribution in [2.75, 3.05) is 7.11 Å². The Morgan fingerprint density at radius 1 is 1.21 bits per heavy atom. The molecule has 0 aromatic heterocycles. The van der Waals surface area contributed by atoms with Gasteiger partial charge >= 0.3 is 5.69 Å². The minimum atomic E-state index is -0.714. The number of aromatic hydroxyl groups is 1. The van der Waals surface area contributed by atoms with E-state index in [-0.39, 0.29) is 11.7 Å². The first kappa shape index (κ1) is 19.4. The number of rotatable bonds is 4. The average molecular weight is 399 g/mol. The monoisotopic (exact) mass is 399 g/mol. The molecule has 8 nitrogen and oxygen atoms in total. The number of amidine groups is 1. The summed E-state index contributed by atoms with van der Waals surface area (Å²) in [6.07, 6.45) is 1.49. The summed E-state index contributed by atoms with van der Waals surface area (Å²) in [6.45, 7) is 3.93. The molecular weight excluding hydrogens is 382 g/mol. The molecule has 3 rings (SSSR count). The Morgan fingerprint density at radius 2 is 1.89 bits per heavy atom. The largest absolute Gasteiger partial charge is 0.500 e. The number of aryl methyl sites for hydroxylation is 2. The number of benzene rings is 2. The van der Waals surface area contributed by atoms with E-state index in [1.54, 1.807) is 0 Å². The van der Waals surface area contributed by atoms with Crippen molar-refractivity contribution in [2.24, 2.45) is 4.99 Å². The van der Waals surface area contributed by atoms with E-state index in [0.717, 1.165) is 28.6 Å². The number of nitro groups is 1. The van der Waals surface area contributed by atoms with Gasteiger partial charge < -0.3 is 15.2 Å². The number of carbonyl (C=O) groups is 1. The molecule has 1 heterocycles. The first-order chi connectivity index (χ1) is 13.3. The van der Waals surface area contributed by atoms with Gasteiger partial charge in [-0.3, -0.25) is 14.9 Å². The van der Waals surface area contributed by atoms with Crippen LogP contribution in [0.15, 0.2) is 40.2 Å². The van der Waals surface area contributed by atoms with Crippen molar-refractivity contribution in [3.05, 3.63) is 62.0 Å². The number of phenolic OH excluding ortho intramolecular Hbond substituents is 1. The third-order valence-corrected chi connectivity index (χ3v) is 4.79. The standard InChI is InChI=1S/C19H17N3O5S/c1-10-4-11(2)6-13(5-10)20-19-21-18(24)16(28-19)9-12-7-14(22(25)26)17(23)15(8-12)27-3/h4-9,23H,1-3H3,(H,20,21,24)/b16-9+. The minimum Gasteiger partial charge on any atom is -0.500 e. The van der Waals surface area contributed by atoms with E-state index in [9.17, 15) is 20.0 Å². The van der Waals surface area contributed by atoms with Crippen LogP contribution in [0.25, 0.3) is 6.08 Å². The highest BCUT2D eigenvalue weighted by atomic mass is 32.2. The smallest absolute Gasteiger partial charge is 0.315 e. The third-order valence-electron chi connectivity index (χ3n) is 3.88. The fraction of sp³-hybridized carbons (Fsp3) is 0.158. The van der Waals surface area contributed by atoms with Crippen molar-refractivity contribution in [1.29, 1.82) is 0 Å². The Kier molecular flexibility index (Phi) is 5.36. The lowest BCUT2D eigenvalue weighted by molar-refractivity contribution is -0.386. The van der Waals surface area contributed by atoms with E-state index < -0.39 is 16.4 Å². The quantitative estimate of drug-likeness (QED) is 0.459. The number of phenols is 1. The van der Waals surface area contributed by atoms with E-state index in [4.69, 9.17) is 4.74 Å². The maximum Gasteiger partial charge on any atom is 0.315 e. The van der Waals surface area contributed by atoms with E-state index in [1.807, 2.05) is 32.0 Å². The lowest BCUT2D eigenvalue weighted by Crippen LogP contribution is -2.19. The van der Waals surface area contributed by atoms with Gasteiger partial charge in [0, 0.05) is 6.07 Å². The zero-order chi connectivity index (χ0) is 20.4. The van der Waals surface area contributed by atoms with Gasteiger partial charge in [0.2, 0.25) is 5.75 Å². The van der Waals surface area contributed by atoms with Crippen LogP contribution in [-0.4, -0.2) is 28.2 Å². The highest BCUT2D eigenvalue weighted by Gasteiger charge is 2.25. The zero-order valence-electron chi connectivity index (χ0n) is 15.3. The van der Waals surface area contributed by atoms with Crippen LogP contribution in [0.5, 0.6) is 11.5 Å². The molecule has 2 N–H and O–H groups in total. The molecule has 9 heteroatoms. The van der Waals surface area contributed by atoms with Crippen molar-refractivity contribution >= 4 is 40.3 Å². The van der Waals surface area contributed by atoms with Gasteiger partial charge in [-0.15, -0.1) is 0 Å². The second-order valence-electron chi connectivity index (χ2n) is 6.18. The van der Waals surface area contributed by atoms with Crippen molar-refractivity contribution in [3.8, 4) is 11.5 Å². The average Bonchev–Trinajstić information content (AvgIpc) is 2.94. The van der Waals surface area contributed by atoms with E-state index in [2.05, 4.69) is 10.3 Å². The molecule has 1 amide bonds. The highest BCUT2D eigenvalue weighted by molar-refractivity contribution is 8.18. The summed E-state index contributed by atoms with van der Waals surface area (Å²) in [5.74, 6) is -0.966. The van der Waals surface area contributed by atoms with Gasteiger partial charge in [-0.2, -0.15) is 0 Å². The second-order valence-corrected chi connectivity index (χ2v) is 7.21. The van der Waals surface area contributed by atoms with Crippen molar-refractivity contribution in [1.82, 2.24) is 5.32 Å². The molecular formula is C19H17N3O5S. The normalized spacial score (nSPS) is 16.5. The zero-order valence-corrected chi connectivity index (χ0v) is 16.2. The summed E-state index contributed by atoms with van der Waals surface area (Å²) in [7, 11) is 1.29. The number of hydrogen-bond donors (Lipinski definition) is 2. The van der Waals surface area contributed by atoms with Gasteiger partial charge in [-0.05, 0) is 66.6 Å². The number of hydrogen-bond acceptors (Lipinski definition) is 7. The molecule has 2 aromatic carbocycles. The maximum atomic E-state index is 12.3. The third kappa shape index (κ3) is 4.15. The Balaban J connectivity index is 1.93. The van der Waals surface area contributed by atoms with Crippen LogP contribution in [0, 0.1) is 24.0 Å². The van der Waals surface area contributed by atoms with Crippen LogP contribution < -0.4 is 10.1 Å². The van der Waals surface area contributed by atoms with Gasteiger partial charge in [-0.25, -0.2) is 4.99 Å². The number of ether oxygens (including phenoxy) is 1. The minimum absolute atomic E-state index is 0.0476. The predicted molar refractivity (Wildman–Crippen MR) is 108 cm³/mol. The molecule has 0 spiro atoms. The molecule has 0 bridgehead atoms. The Morgan fingerprint density at radius 3 is 2.50 bits per heavy atom. The number of methoxy groups -OCH3 is 1. The van der Waals surface area contributed by atoms with E-state index >= 15 is 0 Å². The van der Waals surface area contributed by atoms with Crippen LogP contribution in [0.1, 0.15) is 16.7 Å². The number of thioether (sulfide) groups is 1. The van der Waals surface area contributed by atoms with Crippen LogP contribution >= 0.6 is 11.8 Å². The molecule has 0 aliphatic carbocycles. The topological polar surface area (TPSA) is 114 Å². The van der Waals surface area contributed by atoms with Gasteiger partial charge in [0.05, 0.1) is 22.6 Å². The Bertz CT molecular complexity index is 1030. The number of carbonyl (C=O) groups excluding carboxylic acids is 1. The van der Waals surface area contributed by atoms with Crippen molar-refractivity contribution < 1.29 is 19.6 Å². The van der Waals surface area contributed by atoms with Gasteiger partial charge in [0.1, 0.15) is 0 Å². The molecule has 1 aliphatic rings. The first-order valence-electron chi connectivity index (χ1n) is 8.20. The van der Waals surface area contributed by atoms with E-state index in [1.165, 1.54) is 25.3 Å². The Labute approximate surface area is 165 Å². The summed E-state index contributed by atoms with van der Waals surface area (Å²) in [6, 6.07) is 8.44. The lowest BCUT2D eigenvalue weighted by atomic mass is 10.1. The molecule has 2 aromatic rings. The van der Waals surface area contributed by atoms with Crippen LogP contribution in [0.3, 0.4) is 0 Å². The highest BCUT2D eigenvalue weighted by Crippen LogP contribution is 2.38. The van der Waals surface area contributed by atoms with Crippen molar-refractivity contribution in [3.63, 3.8) is 0 Å². The number of nitrogens with zero attached hydrogens (tertiary/aromatic N) is 2. The SMILES string of the molecule is COc1cc(/C=C2/SC(=Nc3cc(C)cc(C)c3)NC2=O)cc([N+](=O)[O-])c1O. The number of aliphatic imine (C=N–C) groups is 1.